The summed E-state index contributed by atoms with van der Waals surface area (Å²) in [6.07, 6.45) is 6.30. The number of amides is 2. The number of nitrogens with zero attached hydrogens (tertiary/aromatic N) is 2. The normalized spacial score (nSPS) is 17.1. The van der Waals surface area contributed by atoms with Gasteiger partial charge in [-0.05, 0) is 38.5 Å². The van der Waals surface area contributed by atoms with Crippen LogP contribution in [0.2, 0.25) is 0 Å². The largest absolute Gasteiger partial charge is 0.481 e. The molecule has 6 nitrogen and oxygen atoms in total. The van der Waals surface area contributed by atoms with Gasteiger partial charge in [-0.1, -0.05) is 0 Å². The van der Waals surface area contributed by atoms with Crippen LogP contribution in [0.15, 0.2) is 0 Å². The third kappa shape index (κ3) is 3.53. The van der Waals surface area contributed by atoms with E-state index in [9.17, 15) is 9.59 Å². The van der Waals surface area contributed by atoms with E-state index >= 15 is 0 Å². The zero-order valence-electron chi connectivity index (χ0n) is 11.8. The fraction of sp³-hybridized carbons (Fsp3) is 0.643. The Kier molecular flexibility index (Phi) is 4.10. The molecule has 114 valence electrons. The fourth-order valence-electron chi connectivity index (χ4n) is 2.62. The number of carbonyl (C=O) groups is 2. The van der Waals surface area contributed by atoms with Crippen LogP contribution in [0, 0.1) is 0 Å². The number of thiazole rings is 1. The summed E-state index contributed by atoms with van der Waals surface area (Å²) in [6.45, 7) is 0.261. The van der Waals surface area contributed by atoms with Crippen LogP contribution in [0.4, 0.5) is 9.93 Å². The van der Waals surface area contributed by atoms with Gasteiger partial charge in [0, 0.05) is 17.5 Å². The lowest BCUT2D eigenvalue weighted by molar-refractivity contribution is -0.137. The average molecular weight is 309 g/mol. The lowest BCUT2D eigenvalue weighted by atomic mass is 10.0. The molecule has 0 saturated heterocycles. The molecule has 3 rings (SSSR count). The Morgan fingerprint density at radius 2 is 2.10 bits per heavy atom. The quantitative estimate of drug-likeness (QED) is 0.875. The number of carbonyl (C=O) groups excluding carboxylic acids is 1. The number of aliphatic carboxylic acids is 1. The molecule has 0 bridgehead atoms. The van der Waals surface area contributed by atoms with Gasteiger partial charge in [0.05, 0.1) is 12.1 Å². The summed E-state index contributed by atoms with van der Waals surface area (Å²) in [4.78, 5) is 30.4. The van der Waals surface area contributed by atoms with Gasteiger partial charge < -0.3 is 10.0 Å². The standard InChI is InChI=1S/C14H19N3O3S/c18-12(19)7-8-17(9-5-6-9)14(20)16-13-15-10-3-1-2-4-11(10)21-13/h9H,1-8H2,(H,18,19)(H,15,16,20). The molecule has 7 heteroatoms. The maximum atomic E-state index is 12.3. The minimum Gasteiger partial charge on any atom is -0.481 e. The molecule has 21 heavy (non-hydrogen) atoms. The van der Waals surface area contributed by atoms with Gasteiger partial charge in [-0.15, -0.1) is 11.3 Å². The average Bonchev–Trinajstić information content (AvgIpc) is 3.18. The second kappa shape index (κ2) is 6.01. The number of anilines is 1. The molecule has 1 fully saturated rings. The van der Waals surface area contributed by atoms with E-state index in [1.165, 1.54) is 11.3 Å². The highest BCUT2D eigenvalue weighted by Gasteiger charge is 2.33. The predicted octanol–water partition coefficient (Wildman–Crippen LogP) is 2.49. The minimum atomic E-state index is -0.877. The third-order valence-electron chi connectivity index (χ3n) is 3.87. The van der Waals surface area contributed by atoms with Crippen molar-refractivity contribution >= 4 is 28.5 Å². The van der Waals surface area contributed by atoms with Gasteiger partial charge in [-0.3, -0.25) is 10.1 Å². The van der Waals surface area contributed by atoms with Crippen molar-refractivity contribution in [3.8, 4) is 0 Å². The van der Waals surface area contributed by atoms with Gasteiger partial charge in [0.2, 0.25) is 0 Å². The van der Waals surface area contributed by atoms with Crippen molar-refractivity contribution in [3.05, 3.63) is 10.6 Å². The first kappa shape index (κ1) is 14.3. The molecule has 2 N–H and O–H groups in total. The van der Waals surface area contributed by atoms with E-state index in [2.05, 4.69) is 10.3 Å². The second-order valence-electron chi connectivity index (χ2n) is 5.59. The highest BCUT2D eigenvalue weighted by molar-refractivity contribution is 7.15. The Bertz CT molecular complexity index is 530. The van der Waals surface area contributed by atoms with Crippen LogP contribution in [-0.2, 0) is 17.6 Å². The van der Waals surface area contributed by atoms with E-state index in [-0.39, 0.29) is 25.0 Å². The molecule has 2 aliphatic carbocycles. The van der Waals surface area contributed by atoms with Gasteiger partial charge in [-0.25, -0.2) is 9.78 Å². The second-order valence-corrected chi connectivity index (χ2v) is 6.68. The van der Waals surface area contributed by atoms with Crippen molar-refractivity contribution in [2.45, 2.75) is 51.0 Å². The Morgan fingerprint density at radius 3 is 2.76 bits per heavy atom. The highest BCUT2D eigenvalue weighted by atomic mass is 32.1. The van der Waals surface area contributed by atoms with E-state index in [1.54, 1.807) is 16.2 Å². The van der Waals surface area contributed by atoms with Gasteiger partial charge >= 0.3 is 12.0 Å². The van der Waals surface area contributed by atoms with Crippen LogP contribution in [-0.4, -0.2) is 39.6 Å². The van der Waals surface area contributed by atoms with Crippen LogP contribution < -0.4 is 5.32 Å². The van der Waals surface area contributed by atoms with Crippen molar-refractivity contribution in [1.29, 1.82) is 0 Å². The van der Waals surface area contributed by atoms with E-state index < -0.39 is 5.97 Å². The summed E-state index contributed by atoms with van der Waals surface area (Å²) >= 11 is 1.55. The maximum Gasteiger partial charge on any atom is 0.323 e. The fourth-order valence-corrected chi connectivity index (χ4v) is 3.66. The molecule has 1 aromatic heterocycles. The van der Waals surface area contributed by atoms with Crippen molar-refractivity contribution < 1.29 is 14.7 Å². The Morgan fingerprint density at radius 1 is 1.33 bits per heavy atom. The van der Waals surface area contributed by atoms with Crippen LogP contribution in [0.5, 0.6) is 0 Å². The molecule has 0 unspecified atom stereocenters. The maximum absolute atomic E-state index is 12.3. The lowest BCUT2D eigenvalue weighted by Gasteiger charge is -2.21. The third-order valence-corrected chi connectivity index (χ3v) is 4.95. The minimum absolute atomic E-state index is 0.0156. The van der Waals surface area contributed by atoms with E-state index in [4.69, 9.17) is 5.11 Å². The SMILES string of the molecule is O=C(O)CCN(C(=O)Nc1nc2c(s1)CCCC2)C1CC1. The number of carboxylic acid groups (broad SMARTS) is 1. The number of urea groups is 1. The highest BCUT2D eigenvalue weighted by Crippen LogP contribution is 2.31. The number of aryl methyl sites for hydroxylation is 2. The predicted molar refractivity (Wildman–Crippen MR) is 79.8 cm³/mol. The van der Waals surface area contributed by atoms with Gasteiger partial charge in [0.1, 0.15) is 0 Å². The Labute approximate surface area is 127 Å². The zero-order valence-corrected chi connectivity index (χ0v) is 12.6. The summed E-state index contributed by atoms with van der Waals surface area (Å²) < 4.78 is 0. The molecule has 0 aliphatic heterocycles. The van der Waals surface area contributed by atoms with Gasteiger partial charge in [0.25, 0.3) is 0 Å². The first-order valence-electron chi connectivity index (χ1n) is 7.41. The van der Waals surface area contributed by atoms with E-state index in [1.807, 2.05) is 0 Å². The number of nitrogens with one attached hydrogen (secondary N) is 1. The Hall–Kier alpha value is -1.63. The van der Waals surface area contributed by atoms with Crippen LogP contribution in [0.1, 0.15) is 42.7 Å². The van der Waals surface area contributed by atoms with Crippen molar-refractivity contribution in [3.63, 3.8) is 0 Å². The summed E-state index contributed by atoms with van der Waals surface area (Å²) in [5, 5.41) is 12.3. The lowest BCUT2D eigenvalue weighted by Crippen LogP contribution is -2.38. The summed E-state index contributed by atoms with van der Waals surface area (Å²) in [5.41, 5.74) is 1.12. The summed E-state index contributed by atoms with van der Waals surface area (Å²) in [7, 11) is 0. The first-order valence-corrected chi connectivity index (χ1v) is 8.23. The molecule has 1 saturated carbocycles. The van der Waals surface area contributed by atoms with Gasteiger partial charge in [0.15, 0.2) is 5.13 Å². The number of aromatic nitrogens is 1. The molecular weight excluding hydrogens is 290 g/mol. The van der Waals surface area contributed by atoms with Crippen LogP contribution in [0.25, 0.3) is 0 Å². The number of hydrogen-bond acceptors (Lipinski definition) is 4. The molecule has 0 spiro atoms. The molecule has 1 heterocycles. The summed E-state index contributed by atoms with van der Waals surface area (Å²) in [5.74, 6) is -0.877. The number of hydrogen-bond donors (Lipinski definition) is 2. The van der Waals surface area contributed by atoms with Gasteiger partial charge in [-0.2, -0.15) is 0 Å². The topological polar surface area (TPSA) is 82.5 Å². The molecule has 2 amide bonds. The van der Waals surface area contributed by atoms with Crippen molar-refractivity contribution in [2.75, 3.05) is 11.9 Å². The van der Waals surface area contributed by atoms with Crippen molar-refractivity contribution in [2.24, 2.45) is 0 Å². The summed E-state index contributed by atoms with van der Waals surface area (Å²) in [6, 6.07) is -0.0243. The first-order chi connectivity index (χ1) is 10.1. The molecule has 0 atom stereocenters. The molecular formula is C14H19N3O3S. The number of carboxylic acids is 1. The molecule has 2 aliphatic rings. The smallest absolute Gasteiger partial charge is 0.323 e. The number of fused-ring (bicyclic) bond motifs is 1. The van der Waals surface area contributed by atoms with E-state index in [0.29, 0.717) is 5.13 Å². The molecule has 0 radical (unpaired) electrons. The Balaban J connectivity index is 1.63. The van der Waals surface area contributed by atoms with E-state index in [0.717, 1.165) is 37.8 Å². The van der Waals surface area contributed by atoms with Crippen LogP contribution >= 0.6 is 11.3 Å². The zero-order chi connectivity index (χ0) is 14.8. The van der Waals surface area contributed by atoms with Crippen molar-refractivity contribution in [1.82, 2.24) is 9.88 Å². The van der Waals surface area contributed by atoms with Crippen LogP contribution in [0.3, 0.4) is 0 Å². The molecule has 0 aromatic carbocycles. The number of rotatable bonds is 5. The monoisotopic (exact) mass is 309 g/mol. The molecule has 1 aromatic rings.